The molecule has 0 fully saturated rings. The van der Waals surface area contributed by atoms with Crippen molar-refractivity contribution in [3.8, 4) is 11.5 Å². The number of aromatic nitrogens is 2. The van der Waals surface area contributed by atoms with Gasteiger partial charge in [-0.05, 0) is 43.4 Å². The van der Waals surface area contributed by atoms with Gasteiger partial charge >= 0.3 is 0 Å². The van der Waals surface area contributed by atoms with E-state index in [9.17, 15) is 0 Å². The number of para-hydroxylation sites is 2. The molecule has 0 unspecified atom stereocenters. The number of methoxy groups -OCH3 is 2. The maximum Gasteiger partial charge on any atom is 0.204 e. The van der Waals surface area contributed by atoms with Gasteiger partial charge in [-0.25, -0.2) is 4.98 Å². The second-order valence-corrected chi connectivity index (χ2v) is 6.63. The first-order chi connectivity index (χ1) is 13.7. The molecule has 0 aliphatic rings. The molecule has 0 saturated heterocycles. The van der Waals surface area contributed by atoms with E-state index in [-0.39, 0.29) is 12.4 Å². The summed E-state index contributed by atoms with van der Waals surface area (Å²) in [7, 11) is 3.36. The number of imidazole rings is 1. The van der Waals surface area contributed by atoms with Crippen LogP contribution in [0.25, 0.3) is 11.0 Å². The van der Waals surface area contributed by atoms with Crippen LogP contribution in [0.15, 0.2) is 42.5 Å². The summed E-state index contributed by atoms with van der Waals surface area (Å²) < 4.78 is 13.1. The van der Waals surface area contributed by atoms with Gasteiger partial charge in [0.2, 0.25) is 5.95 Å². The Morgan fingerprint density at radius 1 is 1.03 bits per heavy atom. The Morgan fingerprint density at radius 3 is 2.48 bits per heavy atom. The van der Waals surface area contributed by atoms with Crippen LogP contribution in [0.2, 0.25) is 0 Å². The lowest BCUT2D eigenvalue weighted by Gasteiger charge is -2.19. The normalized spacial score (nSPS) is 10.8. The van der Waals surface area contributed by atoms with Crippen molar-refractivity contribution < 1.29 is 9.47 Å². The smallest absolute Gasteiger partial charge is 0.204 e. The van der Waals surface area contributed by atoms with Crippen molar-refractivity contribution in [1.82, 2.24) is 14.5 Å². The molecule has 1 heterocycles. The lowest BCUT2D eigenvalue weighted by Crippen LogP contribution is -2.27. The van der Waals surface area contributed by atoms with Gasteiger partial charge < -0.3 is 24.3 Å². The van der Waals surface area contributed by atoms with Crippen LogP contribution >= 0.6 is 12.4 Å². The van der Waals surface area contributed by atoms with Crippen molar-refractivity contribution in [2.45, 2.75) is 26.9 Å². The summed E-state index contributed by atoms with van der Waals surface area (Å²) >= 11 is 0. The number of rotatable bonds is 10. The predicted molar refractivity (Wildman–Crippen MR) is 122 cm³/mol. The number of ether oxygens (including phenoxy) is 2. The second kappa shape index (κ2) is 10.9. The molecule has 0 bridgehead atoms. The van der Waals surface area contributed by atoms with Gasteiger partial charge in [0.05, 0.1) is 25.3 Å². The molecular weight excluding hydrogens is 388 g/mol. The maximum atomic E-state index is 5.50. The topological polar surface area (TPSA) is 51.5 Å². The molecule has 29 heavy (non-hydrogen) atoms. The standard InChI is InChI=1S/C22H30N4O2.ClH/c1-5-25(6-2)13-14-26-20-10-8-7-9-19(20)24-22(26)23-16-17-15-18(27-3)11-12-21(17)28-4;/h7-12,15H,5-6,13-14,16H2,1-4H3,(H,23,24);1H. The van der Waals surface area contributed by atoms with Crippen molar-refractivity contribution in [2.24, 2.45) is 0 Å². The molecule has 3 rings (SSSR count). The van der Waals surface area contributed by atoms with Crippen LogP contribution in [0.1, 0.15) is 19.4 Å². The number of nitrogens with one attached hydrogen (secondary N) is 1. The van der Waals surface area contributed by atoms with Crippen LogP contribution in [-0.4, -0.2) is 48.3 Å². The summed E-state index contributed by atoms with van der Waals surface area (Å²) in [6.45, 7) is 8.98. The van der Waals surface area contributed by atoms with Gasteiger partial charge in [0, 0.05) is 25.2 Å². The number of benzene rings is 2. The first-order valence-corrected chi connectivity index (χ1v) is 9.82. The van der Waals surface area contributed by atoms with Crippen molar-refractivity contribution in [3.63, 3.8) is 0 Å². The van der Waals surface area contributed by atoms with Gasteiger partial charge in [-0.2, -0.15) is 0 Å². The average molecular weight is 419 g/mol. The van der Waals surface area contributed by atoms with Crippen molar-refractivity contribution >= 4 is 29.4 Å². The fourth-order valence-corrected chi connectivity index (χ4v) is 3.41. The average Bonchev–Trinajstić information content (AvgIpc) is 3.10. The molecule has 7 heteroatoms. The van der Waals surface area contributed by atoms with Crippen LogP contribution in [0.5, 0.6) is 11.5 Å². The molecule has 2 aromatic carbocycles. The number of anilines is 1. The fourth-order valence-electron chi connectivity index (χ4n) is 3.41. The van der Waals surface area contributed by atoms with E-state index in [0.29, 0.717) is 6.54 Å². The van der Waals surface area contributed by atoms with Crippen LogP contribution in [0.4, 0.5) is 5.95 Å². The van der Waals surface area contributed by atoms with Crippen LogP contribution < -0.4 is 14.8 Å². The van der Waals surface area contributed by atoms with Crippen LogP contribution in [-0.2, 0) is 13.1 Å². The highest BCUT2D eigenvalue weighted by atomic mass is 35.5. The molecule has 0 aliphatic carbocycles. The molecule has 0 amide bonds. The number of hydrogen-bond acceptors (Lipinski definition) is 5. The summed E-state index contributed by atoms with van der Waals surface area (Å²) in [6, 6.07) is 14.1. The third-order valence-electron chi connectivity index (χ3n) is 5.11. The van der Waals surface area contributed by atoms with E-state index < -0.39 is 0 Å². The van der Waals surface area contributed by atoms with Crippen LogP contribution in [0, 0.1) is 0 Å². The lowest BCUT2D eigenvalue weighted by molar-refractivity contribution is 0.292. The number of fused-ring (bicyclic) bond motifs is 1. The Morgan fingerprint density at radius 2 is 1.79 bits per heavy atom. The minimum absolute atomic E-state index is 0. The van der Waals surface area contributed by atoms with E-state index in [1.807, 2.05) is 24.3 Å². The Balaban J connectivity index is 0.00000300. The zero-order valence-electron chi connectivity index (χ0n) is 17.6. The molecule has 1 aromatic heterocycles. The molecule has 1 N–H and O–H groups in total. The monoisotopic (exact) mass is 418 g/mol. The van der Waals surface area contributed by atoms with E-state index >= 15 is 0 Å². The first-order valence-electron chi connectivity index (χ1n) is 9.82. The van der Waals surface area contributed by atoms with Gasteiger partial charge in [0.15, 0.2) is 0 Å². The van der Waals surface area contributed by atoms with E-state index in [1.54, 1.807) is 14.2 Å². The van der Waals surface area contributed by atoms with Gasteiger partial charge in [-0.15, -0.1) is 12.4 Å². The minimum atomic E-state index is 0. The molecule has 0 saturated carbocycles. The highest BCUT2D eigenvalue weighted by Crippen LogP contribution is 2.26. The highest BCUT2D eigenvalue weighted by Gasteiger charge is 2.13. The van der Waals surface area contributed by atoms with Crippen LogP contribution in [0.3, 0.4) is 0 Å². The van der Waals surface area contributed by atoms with Gasteiger partial charge in [-0.3, -0.25) is 0 Å². The zero-order valence-corrected chi connectivity index (χ0v) is 18.5. The molecule has 6 nitrogen and oxygen atoms in total. The number of hydrogen-bond donors (Lipinski definition) is 1. The molecule has 0 aliphatic heterocycles. The maximum absolute atomic E-state index is 5.50. The summed E-state index contributed by atoms with van der Waals surface area (Å²) in [5.74, 6) is 2.52. The van der Waals surface area contributed by atoms with E-state index in [0.717, 1.165) is 60.2 Å². The minimum Gasteiger partial charge on any atom is -0.497 e. The van der Waals surface area contributed by atoms with Gasteiger partial charge in [0.1, 0.15) is 11.5 Å². The molecule has 0 atom stereocenters. The Kier molecular flexibility index (Phi) is 8.61. The highest BCUT2D eigenvalue weighted by molar-refractivity contribution is 5.85. The first kappa shape index (κ1) is 22.8. The van der Waals surface area contributed by atoms with Gasteiger partial charge in [-0.1, -0.05) is 26.0 Å². The largest absolute Gasteiger partial charge is 0.497 e. The Labute approximate surface area is 179 Å². The van der Waals surface area contributed by atoms with Crippen molar-refractivity contribution in [2.75, 3.05) is 39.2 Å². The number of likely N-dealkylation sites (N-methyl/N-ethyl adjacent to an activating group) is 1. The SMILES string of the molecule is CCN(CC)CCn1c(NCc2cc(OC)ccc2OC)nc2ccccc21.Cl. The quantitative estimate of drug-likeness (QED) is 0.527. The zero-order chi connectivity index (χ0) is 19.9. The number of nitrogens with zero attached hydrogens (tertiary/aromatic N) is 3. The molecular formula is C22H31ClN4O2. The van der Waals surface area contributed by atoms with E-state index in [4.69, 9.17) is 14.5 Å². The molecule has 158 valence electrons. The van der Waals surface area contributed by atoms with Crippen molar-refractivity contribution in [3.05, 3.63) is 48.0 Å². The van der Waals surface area contributed by atoms with Crippen molar-refractivity contribution in [1.29, 1.82) is 0 Å². The third-order valence-corrected chi connectivity index (χ3v) is 5.11. The van der Waals surface area contributed by atoms with E-state index in [1.165, 1.54) is 0 Å². The third kappa shape index (κ3) is 5.34. The summed E-state index contributed by atoms with van der Waals surface area (Å²) in [6.07, 6.45) is 0. The summed E-state index contributed by atoms with van der Waals surface area (Å²) in [4.78, 5) is 7.24. The summed E-state index contributed by atoms with van der Waals surface area (Å²) in [5.41, 5.74) is 3.18. The molecule has 3 aromatic rings. The molecule has 0 spiro atoms. The predicted octanol–water partition coefficient (Wildman–Crippen LogP) is 4.43. The molecule has 0 radical (unpaired) electrons. The Hall–Kier alpha value is -2.44. The Bertz CT molecular complexity index is 909. The summed E-state index contributed by atoms with van der Waals surface area (Å²) in [5, 5.41) is 3.50. The number of halogens is 1. The lowest BCUT2D eigenvalue weighted by atomic mass is 10.2. The fraction of sp³-hybridized carbons (Fsp3) is 0.409. The second-order valence-electron chi connectivity index (χ2n) is 6.63. The van der Waals surface area contributed by atoms with Gasteiger partial charge in [0.25, 0.3) is 0 Å². The van der Waals surface area contributed by atoms with E-state index in [2.05, 4.69) is 46.8 Å².